The summed E-state index contributed by atoms with van der Waals surface area (Å²) >= 11 is 0. The number of carbonyl (C=O) groups is 5. The van der Waals surface area contributed by atoms with Crippen molar-refractivity contribution in [1.29, 1.82) is 0 Å². The lowest BCUT2D eigenvalue weighted by atomic mass is 9.43. The highest BCUT2D eigenvalue weighted by molar-refractivity contribution is 6.13. The van der Waals surface area contributed by atoms with Gasteiger partial charge in [0.15, 0.2) is 0 Å². The fourth-order valence-corrected chi connectivity index (χ4v) is 7.77. The molecule has 0 radical (unpaired) electrons. The van der Waals surface area contributed by atoms with E-state index in [-0.39, 0.29) is 37.1 Å². The van der Waals surface area contributed by atoms with Crippen LogP contribution < -0.4 is 0 Å². The van der Waals surface area contributed by atoms with E-state index in [0.717, 1.165) is 11.1 Å². The molecule has 0 spiro atoms. The van der Waals surface area contributed by atoms with Crippen LogP contribution in [0, 0.1) is 35.0 Å². The highest BCUT2D eigenvalue weighted by Crippen LogP contribution is 2.68. The molecule has 0 unspecified atom stereocenters. The van der Waals surface area contributed by atoms with Crippen LogP contribution in [0.2, 0.25) is 0 Å². The maximum Gasteiger partial charge on any atom is 0.334 e. The first-order chi connectivity index (χ1) is 18.7. The molecule has 2 aliphatic heterocycles. The molecule has 4 amide bonds. The van der Waals surface area contributed by atoms with Crippen LogP contribution in [0.5, 0.6) is 0 Å². The van der Waals surface area contributed by atoms with Crippen molar-refractivity contribution in [3.63, 3.8) is 0 Å². The summed E-state index contributed by atoms with van der Waals surface area (Å²) in [6.45, 7) is 5.47. The number of esters is 1. The van der Waals surface area contributed by atoms with Gasteiger partial charge in [-0.1, -0.05) is 73.2 Å². The summed E-state index contributed by atoms with van der Waals surface area (Å²) in [6, 6.07) is 18.4. The van der Waals surface area contributed by atoms with Crippen LogP contribution in [-0.2, 0) is 41.8 Å². The van der Waals surface area contributed by atoms with Crippen molar-refractivity contribution in [2.24, 2.45) is 35.0 Å². The van der Waals surface area contributed by atoms with E-state index in [0.29, 0.717) is 5.57 Å². The third kappa shape index (κ3) is 3.40. The van der Waals surface area contributed by atoms with E-state index in [1.54, 1.807) is 20.8 Å². The third-order valence-corrected chi connectivity index (χ3v) is 9.23. The normalized spacial score (nSPS) is 31.2. The Morgan fingerprint density at radius 1 is 0.744 bits per heavy atom. The van der Waals surface area contributed by atoms with E-state index in [4.69, 9.17) is 4.74 Å². The minimum atomic E-state index is -1.36. The Bertz CT molecular complexity index is 1350. The van der Waals surface area contributed by atoms with Gasteiger partial charge in [-0.25, -0.2) is 4.79 Å². The number of ether oxygens (including phenoxy) is 1. The van der Waals surface area contributed by atoms with Gasteiger partial charge in [0.1, 0.15) is 0 Å². The lowest BCUT2D eigenvalue weighted by molar-refractivity contribution is -0.155. The minimum absolute atomic E-state index is 0.0967. The molecular weight excluding hydrogens is 496 g/mol. The van der Waals surface area contributed by atoms with Crippen LogP contribution >= 0.6 is 0 Å². The number of hydrogen-bond acceptors (Lipinski definition) is 6. The Morgan fingerprint density at radius 3 is 1.59 bits per heavy atom. The van der Waals surface area contributed by atoms with Crippen molar-refractivity contribution in [3.8, 4) is 0 Å². The van der Waals surface area contributed by atoms with Crippen molar-refractivity contribution in [2.75, 3.05) is 6.61 Å². The Hall–Kier alpha value is -4.07. The van der Waals surface area contributed by atoms with Gasteiger partial charge in [-0.2, -0.15) is 0 Å². The van der Waals surface area contributed by atoms with E-state index in [1.165, 1.54) is 9.80 Å². The fourth-order valence-electron chi connectivity index (χ4n) is 7.77. The Morgan fingerprint density at radius 2 is 1.18 bits per heavy atom. The minimum Gasteiger partial charge on any atom is -0.463 e. The van der Waals surface area contributed by atoms with Gasteiger partial charge in [0, 0.05) is 16.9 Å². The van der Waals surface area contributed by atoms with Gasteiger partial charge in [-0.15, -0.1) is 0 Å². The van der Waals surface area contributed by atoms with Crippen LogP contribution in [0.15, 0.2) is 71.8 Å². The number of rotatable bonds is 6. The Balaban J connectivity index is 1.47. The topological polar surface area (TPSA) is 101 Å². The molecule has 8 nitrogen and oxygen atoms in total. The summed E-state index contributed by atoms with van der Waals surface area (Å²) < 4.78 is 5.42. The number of nitrogens with zero attached hydrogens (tertiary/aromatic N) is 2. The zero-order valence-electron chi connectivity index (χ0n) is 22.1. The number of carbonyl (C=O) groups excluding carboxylic acids is 5. The van der Waals surface area contributed by atoms with Crippen LogP contribution in [0.4, 0.5) is 0 Å². The number of allylic oxidation sites excluding steroid dienone is 1. The standard InChI is InChI=1S/C31H30N2O6/c1-4-39-30(38)23-17(2)20-21-24(28(36)32(26(21)34)15-18-11-7-5-8-12-18)31(23,3)25-22(20)27(35)33(29(25)37)16-19-13-9-6-10-14-19/h5-14,20-22,24-25H,4,15-16H2,1-3H3/t20?,21-,22-,24-,25-,31?/m1/s1. The predicted octanol–water partition coefficient (Wildman–Crippen LogP) is 3.12. The van der Waals surface area contributed by atoms with Crippen molar-refractivity contribution in [2.45, 2.75) is 33.9 Å². The van der Waals surface area contributed by atoms with Crippen LogP contribution in [0.25, 0.3) is 0 Å². The summed E-state index contributed by atoms with van der Waals surface area (Å²) in [4.78, 5) is 71.9. The Labute approximate surface area is 226 Å². The molecule has 39 heavy (non-hydrogen) atoms. The summed E-state index contributed by atoms with van der Waals surface area (Å²) in [7, 11) is 0. The molecule has 2 bridgehead atoms. The molecular formula is C31H30N2O6. The van der Waals surface area contributed by atoms with Gasteiger partial charge in [0.25, 0.3) is 0 Å². The lowest BCUT2D eigenvalue weighted by Gasteiger charge is -2.55. The predicted molar refractivity (Wildman–Crippen MR) is 139 cm³/mol. The zero-order valence-corrected chi connectivity index (χ0v) is 22.1. The molecule has 8 heteroatoms. The van der Waals surface area contributed by atoms with Crippen LogP contribution in [0.1, 0.15) is 31.9 Å². The van der Waals surface area contributed by atoms with Gasteiger partial charge >= 0.3 is 5.97 Å². The first kappa shape index (κ1) is 25.2. The maximum atomic E-state index is 14.1. The molecule has 5 aliphatic rings. The van der Waals surface area contributed by atoms with Gasteiger partial charge in [-0.05, 0) is 25.0 Å². The van der Waals surface area contributed by atoms with Crippen molar-refractivity contribution >= 4 is 29.6 Å². The second kappa shape index (κ2) is 9.00. The number of hydrogen-bond donors (Lipinski definition) is 0. The highest BCUT2D eigenvalue weighted by Gasteiger charge is 2.76. The second-order valence-electron chi connectivity index (χ2n) is 11.1. The maximum absolute atomic E-state index is 14.1. The SMILES string of the molecule is CCOC(=O)C1=C(C)C2[C@H]3C(=O)N(Cc4ccccc4)C(=O)[C@@H]3C1(C)[C@H]1C(=O)N(Cc3ccccc3)C(=O)[C@H]21. The monoisotopic (exact) mass is 526 g/mol. The summed E-state index contributed by atoms with van der Waals surface area (Å²) in [5.41, 5.74) is 1.07. The summed E-state index contributed by atoms with van der Waals surface area (Å²) in [6.07, 6.45) is 0. The molecule has 2 aromatic rings. The van der Waals surface area contributed by atoms with E-state index in [1.807, 2.05) is 60.7 Å². The molecule has 3 fully saturated rings. The average molecular weight is 527 g/mol. The summed E-state index contributed by atoms with van der Waals surface area (Å²) in [5.74, 6) is -6.36. The lowest BCUT2D eigenvalue weighted by Crippen LogP contribution is -2.61. The van der Waals surface area contributed by atoms with Gasteiger partial charge in [-0.3, -0.25) is 29.0 Å². The van der Waals surface area contributed by atoms with E-state index >= 15 is 0 Å². The highest BCUT2D eigenvalue weighted by atomic mass is 16.5. The second-order valence-corrected chi connectivity index (χ2v) is 11.1. The molecule has 7 rings (SSSR count). The molecule has 200 valence electrons. The molecule has 2 heterocycles. The molecule has 0 aromatic heterocycles. The molecule has 2 saturated heterocycles. The number of imide groups is 2. The van der Waals surface area contributed by atoms with Crippen molar-refractivity contribution in [3.05, 3.63) is 82.9 Å². The Kier molecular flexibility index (Phi) is 5.82. The van der Waals surface area contributed by atoms with Gasteiger partial charge in [0.2, 0.25) is 23.6 Å². The largest absolute Gasteiger partial charge is 0.463 e. The van der Waals surface area contributed by atoms with Crippen molar-refractivity contribution in [1.82, 2.24) is 9.80 Å². The fraction of sp³-hybridized carbons (Fsp3) is 0.387. The molecule has 0 N–H and O–H groups in total. The third-order valence-electron chi connectivity index (χ3n) is 9.23. The van der Waals surface area contributed by atoms with Gasteiger partial charge in [0.05, 0.1) is 43.4 Å². The van der Waals surface area contributed by atoms with E-state index in [9.17, 15) is 24.0 Å². The number of benzene rings is 2. The van der Waals surface area contributed by atoms with Gasteiger partial charge < -0.3 is 4.74 Å². The molecule has 4 atom stereocenters. The first-order valence-electron chi connectivity index (χ1n) is 13.4. The average Bonchev–Trinajstić information content (AvgIpc) is 3.32. The first-order valence-corrected chi connectivity index (χ1v) is 13.4. The zero-order chi connectivity index (χ0) is 27.6. The molecule has 2 aromatic carbocycles. The molecule has 1 saturated carbocycles. The summed E-state index contributed by atoms with van der Waals surface area (Å²) in [5, 5.41) is 0. The number of likely N-dealkylation sites (tertiary alicyclic amines) is 2. The smallest absolute Gasteiger partial charge is 0.334 e. The molecule has 3 aliphatic carbocycles. The van der Waals surface area contributed by atoms with Crippen LogP contribution in [0.3, 0.4) is 0 Å². The van der Waals surface area contributed by atoms with Crippen LogP contribution in [-0.4, -0.2) is 46.0 Å². The van der Waals surface area contributed by atoms with Crippen molar-refractivity contribution < 1.29 is 28.7 Å². The van der Waals surface area contributed by atoms with E-state index in [2.05, 4.69) is 0 Å². The van der Waals surface area contributed by atoms with E-state index < -0.39 is 52.8 Å². The number of amides is 4. The quantitative estimate of drug-likeness (QED) is 0.424.